The highest BCUT2D eigenvalue weighted by atomic mass is 32.2. The second-order valence-electron chi connectivity index (χ2n) is 3.64. The Kier molecular flexibility index (Phi) is 3.64. The molecule has 0 aliphatic rings. The van der Waals surface area contributed by atoms with Crippen molar-refractivity contribution in [3.05, 3.63) is 47.8 Å². The lowest BCUT2D eigenvalue weighted by molar-refractivity contribution is 0.103. The van der Waals surface area contributed by atoms with Crippen molar-refractivity contribution < 1.29 is 4.79 Å². The van der Waals surface area contributed by atoms with E-state index in [1.165, 1.54) is 0 Å². The van der Waals surface area contributed by atoms with Crippen molar-refractivity contribution in [1.29, 1.82) is 0 Å². The maximum Gasteiger partial charge on any atom is 0.196 e. The molecule has 2 aromatic rings. The molecule has 0 atom stereocenters. The van der Waals surface area contributed by atoms with Crippen molar-refractivity contribution in [1.82, 2.24) is 9.78 Å². The monoisotopic (exact) mass is 246 g/mol. The number of aryl methyl sites for hydroxylation is 1. The molecule has 0 unspecified atom stereocenters. The molecule has 0 bridgehead atoms. The van der Waals surface area contributed by atoms with Crippen LogP contribution in [-0.2, 0) is 6.54 Å². The average molecular weight is 246 g/mol. The zero-order chi connectivity index (χ0) is 12.3. The number of rotatable bonds is 4. The van der Waals surface area contributed by atoms with E-state index in [-0.39, 0.29) is 5.78 Å². The van der Waals surface area contributed by atoms with Crippen molar-refractivity contribution in [2.24, 2.45) is 0 Å². The maximum absolute atomic E-state index is 12.1. The summed E-state index contributed by atoms with van der Waals surface area (Å²) in [5.41, 5.74) is 1.35. The van der Waals surface area contributed by atoms with Crippen LogP contribution in [0.3, 0.4) is 0 Å². The molecule has 0 fully saturated rings. The van der Waals surface area contributed by atoms with E-state index in [1.807, 2.05) is 37.4 Å². The Labute approximate surface area is 105 Å². The van der Waals surface area contributed by atoms with Crippen molar-refractivity contribution in [3.63, 3.8) is 0 Å². The largest absolute Gasteiger partial charge is 0.288 e. The molecule has 2 rings (SSSR count). The summed E-state index contributed by atoms with van der Waals surface area (Å²) >= 11 is 1.67. The first-order valence-electron chi connectivity index (χ1n) is 5.45. The van der Waals surface area contributed by atoms with Gasteiger partial charge < -0.3 is 0 Å². The van der Waals surface area contributed by atoms with E-state index >= 15 is 0 Å². The number of hydrogen-bond acceptors (Lipinski definition) is 3. The third-order valence-electron chi connectivity index (χ3n) is 2.57. The fourth-order valence-corrected chi connectivity index (χ4v) is 1.97. The van der Waals surface area contributed by atoms with Crippen LogP contribution in [0.5, 0.6) is 0 Å². The van der Waals surface area contributed by atoms with Gasteiger partial charge in [0.15, 0.2) is 5.78 Å². The molecular weight excluding hydrogens is 232 g/mol. The number of carbonyl (C=O) groups is 1. The second-order valence-corrected chi connectivity index (χ2v) is 4.52. The van der Waals surface area contributed by atoms with Gasteiger partial charge in [0.25, 0.3) is 0 Å². The summed E-state index contributed by atoms with van der Waals surface area (Å²) in [4.78, 5) is 13.3. The fourth-order valence-electron chi connectivity index (χ4n) is 1.56. The lowest BCUT2D eigenvalue weighted by Gasteiger charge is -1.99. The van der Waals surface area contributed by atoms with Gasteiger partial charge in [-0.25, -0.2) is 0 Å². The van der Waals surface area contributed by atoms with Gasteiger partial charge in [-0.3, -0.25) is 9.48 Å². The molecule has 17 heavy (non-hydrogen) atoms. The van der Waals surface area contributed by atoms with Crippen LogP contribution < -0.4 is 0 Å². The van der Waals surface area contributed by atoms with Crippen molar-refractivity contribution >= 4 is 17.5 Å². The molecule has 0 amide bonds. The molecule has 1 aromatic carbocycles. The average Bonchev–Trinajstić information content (AvgIpc) is 2.87. The number of thioether (sulfide) groups is 1. The Morgan fingerprint density at radius 3 is 2.53 bits per heavy atom. The summed E-state index contributed by atoms with van der Waals surface area (Å²) in [6.45, 7) is 2.77. The van der Waals surface area contributed by atoms with Crippen molar-refractivity contribution in [2.75, 3.05) is 6.26 Å². The third-order valence-corrected chi connectivity index (χ3v) is 3.32. The topological polar surface area (TPSA) is 34.9 Å². The van der Waals surface area contributed by atoms with Gasteiger partial charge in [0.1, 0.15) is 0 Å². The molecule has 0 spiro atoms. The summed E-state index contributed by atoms with van der Waals surface area (Å²) < 4.78 is 1.75. The molecule has 4 heteroatoms. The Bertz CT molecular complexity index is 516. The molecule has 0 saturated carbocycles. The molecule has 0 N–H and O–H groups in total. The molecule has 0 saturated heterocycles. The normalized spacial score (nSPS) is 10.5. The van der Waals surface area contributed by atoms with E-state index < -0.39 is 0 Å². The molecule has 0 aliphatic heterocycles. The highest BCUT2D eigenvalue weighted by molar-refractivity contribution is 7.98. The van der Waals surface area contributed by atoms with Crippen LogP contribution >= 0.6 is 11.8 Å². The first-order valence-corrected chi connectivity index (χ1v) is 6.68. The summed E-state index contributed by atoms with van der Waals surface area (Å²) in [5.74, 6) is 0.0253. The lowest BCUT2D eigenvalue weighted by atomic mass is 10.1. The SMILES string of the molecule is CCn1cc(C(=O)c2ccc(SC)cc2)cn1. The maximum atomic E-state index is 12.1. The molecule has 1 aromatic heterocycles. The molecule has 0 aliphatic carbocycles. The van der Waals surface area contributed by atoms with Crippen LogP contribution in [-0.4, -0.2) is 21.8 Å². The molecular formula is C13H14N2OS. The zero-order valence-corrected chi connectivity index (χ0v) is 10.7. The van der Waals surface area contributed by atoms with Gasteiger partial charge in [0, 0.05) is 23.2 Å². The number of benzene rings is 1. The van der Waals surface area contributed by atoms with Gasteiger partial charge in [0.2, 0.25) is 0 Å². The van der Waals surface area contributed by atoms with E-state index in [0.717, 1.165) is 11.4 Å². The summed E-state index contributed by atoms with van der Waals surface area (Å²) in [5, 5.41) is 4.11. The predicted molar refractivity (Wildman–Crippen MR) is 69.6 cm³/mol. The van der Waals surface area contributed by atoms with Crippen LogP contribution in [0.4, 0.5) is 0 Å². The standard InChI is InChI=1S/C13H14N2OS/c1-3-15-9-11(8-14-15)13(16)10-4-6-12(17-2)7-5-10/h4-9H,3H2,1-2H3. The summed E-state index contributed by atoms with van der Waals surface area (Å²) in [7, 11) is 0. The Balaban J connectivity index is 2.23. The fraction of sp³-hybridized carbons (Fsp3) is 0.231. The molecule has 3 nitrogen and oxygen atoms in total. The minimum atomic E-state index is 0.0253. The quantitative estimate of drug-likeness (QED) is 0.614. The number of ketones is 1. The second kappa shape index (κ2) is 5.19. The number of nitrogens with zero attached hydrogens (tertiary/aromatic N) is 2. The number of hydrogen-bond donors (Lipinski definition) is 0. The van der Waals surface area contributed by atoms with E-state index in [4.69, 9.17) is 0 Å². The number of carbonyl (C=O) groups excluding carboxylic acids is 1. The van der Waals surface area contributed by atoms with Crippen molar-refractivity contribution in [2.45, 2.75) is 18.4 Å². The van der Waals surface area contributed by atoms with Gasteiger partial charge in [-0.05, 0) is 37.4 Å². The minimum absolute atomic E-state index is 0.0253. The zero-order valence-electron chi connectivity index (χ0n) is 9.88. The highest BCUT2D eigenvalue weighted by Crippen LogP contribution is 2.16. The Morgan fingerprint density at radius 1 is 1.29 bits per heavy atom. The predicted octanol–water partition coefficient (Wildman–Crippen LogP) is 2.86. The first kappa shape index (κ1) is 11.9. The Morgan fingerprint density at radius 2 is 2.00 bits per heavy atom. The van der Waals surface area contributed by atoms with Crippen LogP contribution in [0.25, 0.3) is 0 Å². The smallest absolute Gasteiger partial charge is 0.196 e. The van der Waals surface area contributed by atoms with Crippen LogP contribution in [0, 0.1) is 0 Å². The van der Waals surface area contributed by atoms with Gasteiger partial charge in [0.05, 0.1) is 11.8 Å². The van der Waals surface area contributed by atoms with E-state index in [0.29, 0.717) is 11.1 Å². The lowest BCUT2D eigenvalue weighted by Crippen LogP contribution is -2.00. The molecule has 0 radical (unpaired) electrons. The van der Waals surface area contributed by atoms with Crippen molar-refractivity contribution in [3.8, 4) is 0 Å². The third kappa shape index (κ3) is 2.58. The van der Waals surface area contributed by atoms with Gasteiger partial charge in [-0.2, -0.15) is 5.10 Å². The van der Waals surface area contributed by atoms with E-state index in [2.05, 4.69) is 5.10 Å². The van der Waals surface area contributed by atoms with Crippen LogP contribution in [0.2, 0.25) is 0 Å². The molecule has 1 heterocycles. The van der Waals surface area contributed by atoms with E-state index in [1.54, 1.807) is 28.8 Å². The summed E-state index contributed by atoms with van der Waals surface area (Å²) in [6, 6.07) is 7.64. The first-order chi connectivity index (χ1) is 8.24. The van der Waals surface area contributed by atoms with Gasteiger partial charge in [-0.15, -0.1) is 11.8 Å². The highest BCUT2D eigenvalue weighted by Gasteiger charge is 2.10. The minimum Gasteiger partial charge on any atom is -0.288 e. The Hall–Kier alpha value is -1.55. The van der Waals surface area contributed by atoms with Crippen LogP contribution in [0.15, 0.2) is 41.6 Å². The van der Waals surface area contributed by atoms with Crippen LogP contribution in [0.1, 0.15) is 22.8 Å². The molecule has 88 valence electrons. The van der Waals surface area contributed by atoms with Gasteiger partial charge >= 0.3 is 0 Å². The summed E-state index contributed by atoms with van der Waals surface area (Å²) in [6.07, 6.45) is 5.42. The number of aromatic nitrogens is 2. The van der Waals surface area contributed by atoms with Gasteiger partial charge in [-0.1, -0.05) is 0 Å². The van der Waals surface area contributed by atoms with E-state index in [9.17, 15) is 4.79 Å².